The van der Waals surface area contributed by atoms with Crippen molar-refractivity contribution < 1.29 is 9.84 Å². The first-order valence-electron chi connectivity index (χ1n) is 9.52. The van der Waals surface area contributed by atoms with Gasteiger partial charge < -0.3 is 15.2 Å². The topological polar surface area (TPSA) is 41.5 Å². The van der Waals surface area contributed by atoms with Gasteiger partial charge in [0.2, 0.25) is 0 Å². The Bertz CT molecular complexity index is 783. The van der Waals surface area contributed by atoms with Crippen LogP contribution in [0.1, 0.15) is 23.5 Å². The van der Waals surface area contributed by atoms with E-state index >= 15 is 0 Å². The first-order valence-corrected chi connectivity index (χ1v) is 9.52. The van der Waals surface area contributed by atoms with Gasteiger partial charge >= 0.3 is 0 Å². The number of rotatable bonds is 5. The second-order valence-corrected chi connectivity index (χ2v) is 7.09. The van der Waals surface area contributed by atoms with Gasteiger partial charge in [0.05, 0.1) is 24.9 Å². The number of hydrogen-bond donors (Lipinski definition) is 2. The maximum atomic E-state index is 10.8. The normalized spacial score (nSPS) is 22.5. The quantitative estimate of drug-likeness (QED) is 0.707. The summed E-state index contributed by atoms with van der Waals surface area (Å²) in [6.45, 7) is 0.483. The molecule has 2 N–H and O–H groups in total. The van der Waals surface area contributed by atoms with Crippen molar-refractivity contribution in [3.8, 4) is 0 Å². The Kier molecular flexibility index (Phi) is 5.52. The summed E-state index contributed by atoms with van der Waals surface area (Å²) in [5, 5.41) is 14.2. The third-order valence-corrected chi connectivity index (χ3v) is 5.24. The summed E-state index contributed by atoms with van der Waals surface area (Å²) in [7, 11) is 0. The van der Waals surface area contributed by atoms with E-state index in [2.05, 4.69) is 53.8 Å². The number of aliphatic hydroxyl groups is 1. The van der Waals surface area contributed by atoms with Crippen LogP contribution in [0.5, 0.6) is 0 Å². The number of anilines is 1. The SMILES string of the molecule is O[C@@H]1C[C@H](C(c2ccccc2)c2ccccc2)OC[C@H]1Nc1ccccc1. The molecule has 27 heavy (non-hydrogen) atoms. The highest BCUT2D eigenvalue weighted by molar-refractivity contribution is 5.44. The molecule has 0 saturated carbocycles. The molecule has 0 aromatic heterocycles. The summed E-state index contributed by atoms with van der Waals surface area (Å²) in [4.78, 5) is 0. The van der Waals surface area contributed by atoms with Crippen LogP contribution in [0.15, 0.2) is 91.0 Å². The van der Waals surface area contributed by atoms with Crippen LogP contribution in [0, 0.1) is 0 Å². The highest BCUT2D eigenvalue weighted by Crippen LogP contribution is 2.34. The molecule has 1 aliphatic rings. The van der Waals surface area contributed by atoms with Crippen molar-refractivity contribution in [1.29, 1.82) is 0 Å². The monoisotopic (exact) mass is 359 g/mol. The molecule has 3 heteroatoms. The van der Waals surface area contributed by atoms with Gasteiger partial charge in [0, 0.05) is 18.0 Å². The lowest BCUT2D eigenvalue weighted by Crippen LogP contribution is -2.47. The third kappa shape index (κ3) is 4.21. The minimum absolute atomic E-state index is 0.0568. The third-order valence-electron chi connectivity index (χ3n) is 5.24. The van der Waals surface area contributed by atoms with Gasteiger partial charge in [-0.25, -0.2) is 0 Å². The Morgan fingerprint density at radius 1 is 0.778 bits per heavy atom. The Hall–Kier alpha value is -2.62. The predicted octanol–water partition coefficient (Wildman–Crippen LogP) is 4.45. The van der Waals surface area contributed by atoms with Crippen LogP contribution in [-0.2, 0) is 4.74 Å². The maximum Gasteiger partial charge on any atom is 0.0788 e. The Labute approximate surface area is 160 Å². The number of ether oxygens (including phenoxy) is 1. The van der Waals surface area contributed by atoms with E-state index in [4.69, 9.17) is 4.74 Å². The van der Waals surface area contributed by atoms with E-state index in [-0.39, 0.29) is 18.1 Å². The summed E-state index contributed by atoms with van der Waals surface area (Å²) in [6, 6.07) is 30.7. The summed E-state index contributed by atoms with van der Waals surface area (Å²) in [5.74, 6) is 0.111. The summed E-state index contributed by atoms with van der Waals surface area (Å²) in [5.41, 5.74) is 3.44. The Morgan fingerprint density at radius 3 is 1.81 bits per heavy atom. The van der Waals surface area contributed by atoms with E-state index in [1.807, 2.05) is 42.5 Å². The second kappa shape index (κ2) is 8.38. The molecule has 3 atom stereocenters. The average molecular weight is 359 g/mol. The minimum atomic E-state index is -0.459. The van der Waals surface area contributed by atoms with Gasteiger partial charge in [-0.15, -0.1) is 0 Å². The number of aliphatic hydroxyl groups excluding tert-OH is 1. The summed E-state index contributed by atoms with van der Waals surface area (Å²) in [6.07, 6.45) is 0.0800. The first kappa shape index (κ1) is 17.8. The smallest absolute Gasteiger partial charge is 0.0788 e. The lowest BCUT2D eigenvalue weighted by molar-refractivity contribution is -0.0577. The predicted molar refractivity (Wildman–Crippen MR) is 109 cm³/mol. The molecule has 0 unspecified atom stereocenters. The van der Waals surface area contributed by atoms with Gasteiger partial charge in [-0.05, 0) is 23.3 Å². The largest absolute Gasteiger partial charge is 0.391 e. The fraction of sp³-hybridized carbons (Fsp3) is 0.250. The molecule has 0 bridgehead atoms. The molecule has 0 aliphatic carbocycles. The lowest BCUT2D eigenvalue weighted by Gasteiger charge is -2.38. The van der Waals surface area contributed by atoms with Gasteiger partial charge in [-0.2, -0.15) is 0 Å². The van der Waals surface area contributed by atoms with E-state index in [1.165, 1.54) is 11.1 Å². The van der Waals surface area contributed by atoms with E-state index in [1.54, 1.807) is 0 Å². The van der Waals surface area contributed by atoms with Gasteiger partial charge in [0.15, 0.2) is 0 Å². The van der Waals surface area contributed by atoms with Gasteiger partial charge in [-0.3, -0.25) is 0 Å². The van der Waals surface area contributed by atoms with E-state index in [0.717, 1.165) is 5.69 Å². The van der Waals surface area contributed by atoms with Crippen LogP contribution < -0.4 is 5.32 Å². The van der Waals surface area contributed by atoms with Crippen molar-refractivity contribution in [2.75, 3.05) is 11.9 Å². The van der Waals surface area contributed by atoms with Crippen LogP contribution in [0.3, 0.4) is 0 Å². The van der Waals surface area contributed by atoms with Crippen LogP contribution in [0.2, 0.25) is 0 Å². The standard InChI is InChI=1S/C24H25NO2/c26-22-16-23(27-17-21(22)25-20-14-8-3-9-15-20)24(18-10-4-1-5-11-18)19-12-6-2-7-13-19/h1-15,21-26H,16-17H2/t21-,22-,23-/m1/s1. The van der Waals surface area contributed by atoms with Gasteiger partial charge in [0.25, 0.3) is 0 Å². The first-order chi connectivity index (χ1) is 13.3. The molecule has 3 nitrogen and oxygen atoms in total. The molecule has 0 amide bonds. The molecule has 0 radical (unpaired) electrons. The molecular weight excluding hydrogens is 334 g/mol. The molecule has 1 heterocycles. The van der Waals surface area contributed by atoms with Crippen molar-refractivity contribution in [2.24, 2.45) is 0 Å². The molecule has 3 aromatic carbocycles. The van der Waals surface area contributed by atoms with Gasteiger partial charge in [0.1, 0.15) is 0 Å². The lowest BCUT2D eigenvalue weighted by atomic mass is 9.82. The zero-order valence-electron chi connectivity index (χ0n) is 15.2. The van der Waals surface area contributed by atoms with Gasteiger partial charge in [-0.1, -0.05) is 78.9 Å². The summed E-state index contributed by atoms with van der Waals surface area (Å²) < 4.78 is 6.28. The van der Waals surface area contributed by atoms with Crippen molar-refractivity contribution in [2.45, 2.75) is 30.6 Å². The van der Waals surface area contributed by atoms with Crippen molar-refractivity contribution >= 4 is 5.69 Å². The van der Waals surface area contributed by atoms with E-state index in [0.29, 0.717) is 13.0 Å². The molecule has 1 saturated heterocycles. The minimum Gasteiger partial charge on any atom is -0.391 e. The fourth-order valence-electron chi connectivity index (χ4n) is 3.87. The van der Waals surface area contributed by atoms with E-state index in [9.17, 15) is 5.11 Å². The molecule has 138 valence electrons. The molecule has 1 aliphatic heterocycles. The summed E-state index contributed by atoms with van der Waals surface area (Å²) >= 11 is 0. The van der Waals surface area contributed by atoms with Crippen molar-refractivity contribution in [3.05, 3.63) is 102 Å². The highest BCUT2D eigenvalue weighted by Gasteiger charge is 2.35. The Balaban J connectivity index is 1.53. The molecule has 4 rings (SSSR count). The number of hydrogen-bond acceptors (Lipinski definition) is 3. The van der Waals surface area contributed by atoms with Crippen molar-refractivity contribution in [3.63, 3.8) is 0 Å². The van der Waals surface area contributed by atoms with Crippen LogP contribution in [0.4, 0.5) is 5.69 Å². The molecular formula is C24H25NO2. The Morgan fingerprint density at radius 2 is 1.30 bits per heavy atom. The fourth-order valence-corrected chi connectivity index (χ4v) is 3.87. The molecule has 3 aromatic rings. The highest BCUT2D eigenvalue weighted by atomic mass is 16.5. The van der Waals surface area contributed by atoms with Crippen molar-refractivity contribution in [1.82, 2.24) is 0 Å². The average Bonchev–Trinajstić information content (AvgIpc) is 2.73. The number of nitrogens with one attached hydrogen (secondary N) is 1. The number of para-hydroxylation sites is 1. The zero-order chi connectivity index (χ0) is 18.5. The van der Waals surface area contributed by atoms with Crippen LogP contribution in [-0.4, -0.2) is 30.0 Å². The second-order valence-electron chi connectivity index (χ2n) is 7.09. The zero-order valence-corrected chi connectivity index (χ0v) is 15.2. The van der Waals surface area contributed by atoms with E-state index < -0.39 is 6.10 Å². The molecule has 1 fully saturated rings. The number of benzene rings is 3. The van der Waals surface area contributed by atoms with Crippen LogP contribution >= 0.6 is 0 Å². The molecule has 0 spiro atoms. The maximum absolute atomic E-state index is 10.8. The van der Waals surface area contributed by atoms with Crippen LogP contribution in [0.25, 0.3) is 0 Å².